The van der Waals surface area contributed by atoms with Gasteiger partial charge in [0.2, 0.25) is 0 Å². The van der Waals surface area contributed by atoms with Crippen LogP contribution in [0.5, 0.6) is 0 Å². The summed E-state index contributed by atoms with van der Waals surface area (Å²) in [7, 11) is 0. The van der Waals surface area contributed by atoms with Crippen LogP contribution in [0.2, 0.25) is 0 Å². The fourth-order valence-corrected chi connectivity index (χ4v) is 1.39. The first kappa shape index (κ1) is 9.06. The van der Waals surface area contributed by atoms with Crippen molar-refractivity contribution in [2.75, 3.05) is 11.9 Å². The van der Waals surface area contributed by atoms with E-state index in [1.807, 2.05) is 18.2 Å². The Morgan fingerprint density at radius 1 is 1.43 bits per heavy atom. The highest BCUT2D eigenvalue weighted by molar-refractivity contribution is 6.10. The van der Waals surface area contributed by atoms with Crippen LogP contribution in [0.3, 0.4) is 0 Å². The lowest BCUT2D eigenvalue weighted by Gasteiger charge is -2.01. The highest BCUT2D eigenvalue weighted by atomic mass is 16.5. The Bertz CT molecular complexity index is 340. The van der Waals surface area contributed by atoms with Gasteiger partial charge in [-0.1, -0.05) is 31.5 Å². The van der Waals surface area contributed by atoms with Gasteiger partial charge >= 0.3 is 6.09 Å². The van der Waals surface area contributed by atoms with Gasteiger partial charge in [0.15, 0.2) is 0 Å². The zero-order valence-corrected chi connectivity index (χ0v) is 8.17. The van der Waals surface area contributed by atoms with Crippen LogP contribution < -0.4 is 5.32 Å². The molecule has 0 fully saturated rings. The second-order valence-corrected chi connectivity index (χ2v) is 3.34. The Labute approximate surface area is 83.1 Å². The summed E-state index contributed by atoms with van der Waals surface area (Å²) in [5, 5.41) is 2.71. The van der Waals surface area contributed by atoms with Crippen LogP contribution in [0.1, 0.15) is 19.8 Å². The Morgan fingerprint density at radius 2 is 2.14 bits per heavy atom. The maximum Gasteiger partial charge on any atom is 0.411 e. The molecule has 14 heavy (non-hydrogen) atoms. The quantitative estimate of drug-likeness (QED) is 0.754. The number of ether oxygens (including phenoxy) is 1. The fourth-order valence-electron chi connectivity index (χ4n) is 1.39. The van der Waals surface area contributed by atoms with E-state index in [0.29, 0.717) is 6.61 Å². The average molecular weight is 191 g/mol. The highest BCUT2D eigenvalue weighted by Crippen LogP contribution is 2.48. The molecule has 0 saturated carbocycles. The SMILES string of the molecule is CCCCOC(=O)Nc1c2cccc1-2. The second kappa shape index (κ2) is 3.70. The minimum absolute atomic E-state index is 0.343. The summed E-state index contributed by atoms with van der Waals surface area (Å²) >= 11 is 0. The van der Waals surface area contributed by atoms with Gasteiger partial charge < -0.3 is 4.74 Å². The van der Waals surface area contributed by atoms with E-state index >= 15 is 0 Å². The molecule has 0 aromatic carbocycles. The van der Waals surface area contributed by atoms with Gasteiger partial charge in [0.1, 0.15) is 0 Å². The Morgan fingerprint density at radius 3 is 2.79 bits per heavy atom. The van der Waals surface area contributed by atoms with E-state index in [9.17, 15) is 4.79 Å². The van der Waals surface area contributed by atoms with Crippen molar-refractivity contribution in [2.24, 2.45) is 0 Å². The molecule has 0 aliphatic heterocycles. The molecule has 0 aromatic heterocycles. The lowest BCUT2D eigenvalue weighted by molar-refractivity contribution is 0.160. The molecule has 0 heterocycles. The van der Waals surface area contributed by atoms with Crippen molar-refractivity contribution >= 4 is 11.8 Å². The summed E-state index contributed by atoms with van der Waals surface area (Å²) in [5.74, 6) is 0. The normalized spacial score (nSPS) is 10.9. The van der Waals surface area contributed by atoms with E-state index in [4.69, 9.17) is 4.74 Å². The van der Waals surface area contributed by atoms with E-state index in [2.05, 4.69) is 12.2 Å². The number of nitrogens with one attached hydrogen (secondary N) is 1. The topological polar surface area (TPSA) is 38.3 Å². The van der Waals surface area contributed by atoms with Crippen LogP contribution in [0.15, 0.2) is 18.2 Å². The van der Waals surface area contributed by atoms with Crippen molar-refractivity contribution in [1.29, 1.82) is 0 Å². The molecule has 0 saturated heterocycles. The minimum Gasteiger partial charge on any atom is -0.449 e. The molecule has 74 valence electrons. The van der Waals surface area contributed by atoms with Crippen molar-refractivity contribution in [3.8, 4) is 11.1 Å². The zero-order valence-electron chi connectivity index (χ0n) is 8.17. The monoisotopic (exact) mass is 191 g/mol. The molecule has 0 unspecified atom stereocenters. The lowest BCUT2D eigenvalue weighted by Crippen LogP contribution is -2.12. The van der Waals surface area contributed by atoms with Gasteiger partial charge in [-0.25, -0.2) is 4.79 Å². The van der Waals surface area contributed by atoms with Crippen LogP contribution in [-0.2, 0) is 4.74 Å². The number of carbonyl (C=O) groups is 1. The molecule has 0 aromatic rings. The summed E-state index contributed by atoms with van der Waals surface area (Å²) < 4.78 is 4.96. The molecule has 1 N–H and O–H groups in total. The van der Waals surface area contributed by atoms with Crippen molar-refractivity contribution in [3.05, 3.63) is 18.2 Å². The largest absolute Gasteiger partial charge is 0.449 e. The average Bonchev–Trinajstić information content (AvgIpc) is 2.64. The zero-order chi connectivity index (χ0) is 9.97. The second-order valence-electron chi connectivity index (χ2n) is 3.34. The molecule has 2 rings (SSSR count). The summed E-state index contributed by atoms with van der Waals surface area (Å²) in [5.41, 5.74) is 3.20. The highest BCUT2D eigenvalue weighted by Gasteiger charge is 2.25. The van der Waals surface area contributed by atoms with E-state index in [-0.39, 0.29) is 6.09 Å². The standard InChI is InChI=1S/C11H13NO2/c1-2-3-7-14-11(13)12-10-8-5-4-6-9(8)10/h4-6H,2-3,7H2,1H3,(H,12,13). The molecule has 0 atom stereocenters. The third-order valence-electron chi connectivity index (χ3n) is 2.25. The van der Waals surface area contributed by atoms with E-state index < -0.39 is 0 Å². The number of carbonyl (C=O) groups excluding carboxylic acids is 1. The maximum absolute atomic E-state index is 11.2. The summed E-state index contributed by atoms with van der Waals surface area (Å²) in [6.07, 6.45) is 1.61. The van der Waals surface area contributed by atoms with Crippen molar-refractivity contribution in [2.45, 2.75) is 19.8 Å². The molecule has 3 heteroatoms. The van der Waals surface area contributed by atoms with Gasteiger partial charge in [-0.3, -0.25) is 5.32 Å². The van der Waals surface area contributed by atoms with Crippen LogP contribution in [0.4, 0.5) is 10.5 Å². The molecule has 3 nitrogen and oxygen atoms in total. The number of rotatable bonds is 4. The Hall–Kier alpha value is -1.51. The Balaban J connectivity index is 1.75. The van der Waals surface area contributed by atoms with Crippen LogP contribution >= 0.6 is 0 Å². The van der Waals surface area contributed by atoms with Gasteiger partial charge in [0.25, 0.3) is 0 Å². The third-order valence-corrected chi connectivity index (χ3v) is 2.25. The summed E-state index contributed by atoms with van der Waals surface area (Å²) in [6.45, 7) is 2.56. The number of amides is 1. The van der Waals surface area contributed by atoms with Crippen molar-refractivity contribution < 1.29 is 9.53 Å². The maximum atomic E-state index is 11.2. The number of fused-ring (bicyclic) bond motifs is 1. The van der Waals surface area contributed by atoms with Crippen molar-refractivity contribution in [1.82, 2.24) is 0 Å². The minimum atomic E-state index is -0.343. The van der Waals surface area contributed by atoms with Crippen LogP contribution in [0, 0.1) is 0 Å². The molecule has 2 aliphatic carbocycles. The molecular formula is C11H13NO2. The summed E-state index contributed by atoms with van der Waals surface area (Å²) in [6, 6.07) is 5.94. The molecule has 0 radical (unpaired) electrons. The number of benzene rings is 1. The third kappa shape index (κ3) is 1.71. The van der Waals surface area contributed by atoms with Gasteiger partial charge in [-0.05, 0) is 6.42 Å². The van der Waals surface area contributed by atoms with Gasteiger partial charge in [0, 0.05) is 11.1 Å². The molecule has 2 aliphatic rings. The fraction of sp³-hybridized carbons (Fsp3) is 0.364. The van der Waals surface area contributed by atoms with Crippen LogP contribution in [-0.4, -0.2) is 12.7 Å². The number of para-hydroxylation sites is 1. The molecule has 0 bridgehead atoms. The Kier molecular flexibility index (Phi) is 2.39. The van der Waals surface area contributed by atoms with Crippen LogP contribution in [0.25, 0.3) is 11.1 Å². The van der Waals surface area contributed by atoms with Gasteiger partial charge in [0.05, 0.1) is 12.3 Å². The van der Waals surface area contributed by atoms with Gasteiger partial charge in [-0.15, -0.1) is 0 Å². The molecule has 1 amide bonds. The van der Waals surface area contributed by atoms with Crippen molar-refractivity contribution in [3.63, 3.8) is 0 Å². The number of unbranched alkanes of at least 4 members (excludes halogenated alkanes) is 1. The first-order valence-corrected chi connectivity index (χ1v) is 4.90. The number of hydrogen-bond acceptors (Lipinski definition) is 2. The molecule has 0 spiro atoms. The van der Waals surface area contributed by atoms with E-state index in [1.165, 1.54) is 0 Å². The van der Waals surface area contributed by atoms with Gasteiger partial charge in [-0.2, -0.15) is 0 Å². The van der Waals surface area contributed by atoms with E-state index in [1.54, 1.807) is 0 Å². The predicted molar refractivity (Wildman–Crippen MR) is 55.3 cm³/mol. The first-order chi connectivity index (χ1) is 6.83. The van der Waals surface area contributed by atoms with E-state index in [0.717, 1.165) is 29.7 Å². The molecular weight excluding hydrogens is 178 g/mol. The predicted octanol–water partition coefficient (Wildman–Crippen LogP) is 3.02. The number of anilines is 1. The number of hydrogen-bond donors (Lipinski definition) is 1. The lowest BCUT2D eigenvalue weighted by atomic mass is 10.4. The first-order valence-electron chi connectivity index (χ1n) is 4.90. The summed E-state index contributed by atoms with van der Waals surface area (Å²) in [4.78, 5) is 11.2. The smallest absolute Gasteiger partial charge is 0.411 e.